The predicted molar refractivity (Wildman–Crippen MR) is 130 cm³/mol. The van der Waals surface area contributed by atoms with E-state index in [2.05, 4.69) is 0 Å². The van der Waals surface area contributed by atoms with Crippen molar-refractivity contribution in [3.63, 3.8) is 0 Å². The molecule has 0 atom stereocenters. The Morgan fingerprint density at radius 3 is 2.19 bits per heavy atom. The Balaban J connectivity index is 1.98. The number of fused-ring (bicyclic) bond motifs is 1. The lowest BCUT2D eigenvalue weighted by Gasteiger charge is -2.28. The predicted octanol–water partition coefficient (Wildman–Crippen LogP) is 5.97. The Bertz CT molecular complexity index is 915. The Labute approximate surface area is 200 Å². The number of anilines is 1. The second-order valence-corrected chi connectivity index (χ2v) is 8.87. The summed E-state index contributed by atoms with van der Waals surface area (Å²) < 4.78 is 5.12. The van der Waals surface area contributed by atoms with E-state index in [-0.39, 0.29) is 18.4 Å². The van der Waals surface area contributed by atoms with E-state index in [4.69, 9.17) is 27.9 Å². The van der Waals surface area contributed by atoms with Gasteiger partial charge in [0.1, 0.15) is 6.61 Å². The fourth-order valence-corrected chi connectivity index (χ4v) is 4.65. The number of para-hydroxylation sites is 1. The van der Waals surface area contributed by atoms with Crippen LogP contribution in [0.4, 0.5) is 5.69 Å². The maximum Gasteiger partial charge on any atom is 0.257 e. The molecule has 0 radical (unpaired) electrons. The highest BCUT2D eigenvalue weighted by Crippen LogP contribution is 2.29. The number of hydrogen-bond acceptors (Lipinski definition) is 3. The summed E-state index contributed by atoms with van der Waals surface area (Å²) in [7, 11) is 1.53. The third-order valence-electron chi connectivity index (χ3n) is 5.74. The lowest BCUT2D eigenvalue weighted by molar-refractivity contribution is -0.122. The average Bonchev–Trinajstić information content (AvgIpc) is 2.79. The van der Waals surface area contributed by atoms with Crippen LogP contribution in [-0.4, -0.2) is 43.5 Å². The van der Waals surface area contributed by atoms with Crippen LogP contribution in [0.25, 0.3) is 0 Å². The standard InChI is InChI=1S/C25H30Cl2N2O3/c1-32-18-23(30)29-16-9-5-3-2-4-8-15-28(17-19-11-6-7-14-22(19)29)25(31)24-20(26)12-10-13-21(24)27/h6-7,10-14H,2-5,8-9,15-18H2,1H3. The van der Waals surface area contributed by atoms with Crippen LogP contribution in [-0.2, 0) is 16.1 Å². The fraction of sp³-hybridized carbons (Fsp3) is 0.440. The third kappa shape index (κ3) is 6.25. The van der Waals surface area contributed by atoms with Crippen LogP contribution < -0.4 is 4.90 Å². The maximum atomic E-state index is 13.5. The summed E-state index contributed by atoms with van der Waals surface area (Å²) >= 11 is 12.7. The number of rotatable bonds is 3. The molecule has 1 aliphatic rings. The molecule has 0 aromatic heterocycles. The summed E-state index contributed by atoms with van der Waals surface area (Å²) in [6.07, 6.45) is 6.17. The molecular formula is C25H30Cl2N2O3. The first-order valence-corrected chi connectivity index (χ1v) is 11.9. The van der Waals surface area contributed by atoms with Crippen LogP contribution in [0.5, 0.6) is 0 Å². The SMILES string of the molecule is COCC(=O)N1CCCCCCCCN(C(=O)c2c(Cl)cccc2Cl)Cc2ccccc21. The van der Waals surface area contributed by atoms with E-state index in [1.807, 2.05) is 24.3 Å². The molecular weight excluding hydrogens is 447 g/mol. The third-order valence-corrected chi connectivity index (χ3v) is 6.37. The minimum atomic E-state index is -0.194. The fourth-order valence-electron chi connectivity index (χ4n) is 4.09. The van der Waals surface area contributed by atoms with Crippen LogP contribution in [0, 0.1) is 0 Å². The molecule has 3 rings (SSSR count). The molecule has 1 heterocycles. The minimum Gasteiger partial charge on any atom is -0.375 e. The zero-order valence-electron chi connectivity index (χ0n) is 18.5. The first-order valence-electron chi connectivity index (χ1n) is 11.1. The van der Waals surface area contributed by atoms with E-state index < -0.39 is 0 Å². The van der Waals surface area contributed by atoms with Crippen LogP contribution in [0.1, 0.15) is 54.4 Å². The molecule has 2 aromatic carbocycles. The normalized spacial score (nSPS) is 15.8. The summed E-state index contributed by atoms with van der Waals surface area (Å²) in [6.45, 7) is 1.61. The van der Waals surface area contributed by atoms with Gasteiger partial charge in [0.05, 0.1) is 15.6 Å². The molecule has 0 fully saturated rings. The van der Waals surface area contributed by atoms with Gasteiger partial charge in [0, 0.05) is 32.4 Å². The van der Waals surface area contributed by atoms with Gasteiger partial charge < -0.3 is 14.5 Å². The van der Waals surface area contributed by atoms with Gasteiger partial charge in [-0.2, -0.15) is 0 Å². The van der Waals surface area contributed by atoms with Gasteiger partial charge in [-0.25, -0.2) is 0 Å². The van der Waals surface area contributed by atoms with Crippen LogP contribution in [0.15, 0.2) is 42.5 Å². The minimum absolute atomic E-state index is 0.0200. The molecule has 7 heteroatoms. The molecule has 0 aliphatic carbocycles. The zero-order valence-corrected chi connectivity index (χ0v) is 20.0. The largest absolute Gasteiger partial charge is 0.375 e. The average molecular weight is 477 g/mol. The Morgan fingerprint density at radius 2 is 1.50 bits per heavy atom. The van der Waals surface area contributed by atoms with Crippen molar-refractivity contribution in [1.82, 2.24) is 4.90 Å². The summed E-state index contributed by atoms with van der Waals surface area (Å²) in [5.41, 5.74) is 2.05. The van der Waals surface area contributed by atoms with Crippen LogP contribution >= 0.6 is 23.2 Å². The Kier molecular flexibility index (Phi) is 9.39. The topological polar surface area (TPSA) is 49.9 Å². The summed E-state index contributed by atoms with van der Waals surface area (Å²) in [5, 5.41) is 0.686. The number of benzene rings is 2. The van der Waals surface area contributed by atoms with Crippen molar-refractivity contribution in [2.24, 2.45) is 0 Å². The number of ether oxygens (including phenoxy) is 1. The van der Waals surface area contributed by atoms with Crippen LogP contribution in [0.2, 0.25) is 10.0 Å². The highest BCUT2D eigenvalue weighted by atomic mass is 35.5. The number of hydrogen-bond donors (Lipinski definition) is 0. The van der Waals surface area contributed by atoms with Crippen molar-refractivity contribution in [2.45, 2.75) is 45.1 Å². The number of carbonyl (C=O) groups is 2. The molecule has 2 amide bonds. The lowest BCUT2D eigenvalue weighted by Crippen LogP contribution is -2.37. The van der Waals surface area contributed by atoms with Gasteiger partial charge in [-0.3, -0.25) is 9.59 Å². The zero-order chi connectivity index (χ0) is 22.9. The van der Waals surface area contributed by atoms with Gasteiger partial charge in [0.25, 0.3) is 11.8 Å². The van der Waals surface area contributed by atoms with Crippen molar-refractivity contribution >= 4 is 40.7 Å². The van der Waals surface area contributed by atoms with Crippen molar-refractivity contribution in [3.05, 3.63) is 63.6 Å². The summed E-state index contributed by atoms with van der Waals surface area (Å²) in [4.78, 5) is 30.0. The Morgan fingerprint density at radius 1 is 0.875 bits per heavy atom. The van der Waals surface area contributed by atoms with E-state index in [1.54, 1.807) is 28.0 Å². The van der Waals surface area contributed by atoms with Crippen molar-refractivity contribution < 1.29 is 14.3 Å². The van der Waals surface area contributed by atoms with E-state index in [0.717, 1.165) is 49.8 Å². The number of halogens is 2. The molecule has 0 bridgehead atoms. The Hall–Kier alpha value is -2.08. The number of methoxy groups -OCH3 is 1. The van der Waals surface area contributed by atoms with Gasteiger partial charge in [-0.1, -0.05) is 73.2 Å². The lowest BCUT2D eigenvalue weighted by atomic mass is 10.1. The maximum absolute atomic E-state index is 13.5. The van der Waals surface area contributed by atoms with Crippen molar-refractivity contribution in [2.75, 3.05) is 31.7 Å². The first-order chi connectivity index (χ1) is 15.5. The van der Waals surface area contributed by atoms with E-state index in [9.17, 15) is 9.59 Å². The molecule has 0 spiro atoms. The van der Waals surface area contributed by atoms with Gasteiger partial charge in [-0.15, -0.1) is 0 Å². The van der Waals surface area contributed by atoms with Crippen molar-refractivity contribution in [1.29, 1.82) is 0 Å². The summed E-state index contributed by atoms with van der Waals surface area (Å²) in [5.74, 6) is -0.276. The molecule has 0 N–H and O–H groups in total. The summed E-state index contributed by atoms with van der Waals surface area (Å²) in [6, 6.07) is 12.9. The molecule has 0 saturated carbocycles. The molecule has 0 saturated heterocycles. The second kappa shape index (κ2) is 12.2. The molecule has 0 unspecified atom stereocenters. The van der Waals surface area contributed by atoms with Gasteiger partial charge in [-0.05, 0) is 36.6 Å². The molecule has 2 aromatic rings. The smallest absolute Gasteiger partial charge is 0.257 e. The van der Waals surface area contributed by atoms with Gasteiger partial charge in [0.2, 0.25) is 0 Å². The first kappa shape index (κ1) is 24.6. The highest BCUT2D eigenvalue weighted by molar-refractivity contribution is 6.39. The van der Waals surface area contributed by atoms with Gasteiger partial charge >= 0.3 is 0 Å². The van der Waals surface area contributed by atoms with Crippen molar-refractivity contribution in [3.8, 4) is 0 Å². The number of nitrogens with zero attached hydrogens (tertiary/aromatic N) is 2. The quantitative estimate of drug-likeness (QED) is 0.548. The molecule has 172 valence electrons. The molecule has 5 nitrogen and oxygen atoms in total. The highest BCUT2D eigenvalue weighted by Gasteiger charge is 2.24. The second-order valence-electron chi connectivity index (χ2n) is 8.05. The van der Waals surface area contributed by atoms with Gasteiger partial charge in [0.15, 0.2) is 0 Å². The van der Waals surface area contributed by atoms with E-state index in [0.29, 0.717) is 35.2 Å². The molecule has 1 aliphatic heterocycles. The van der Waals surface area contributed by atoms with E-state index in [1.165, 1.54) is 7.11 Å². The van der Waals surface area contributed by atoms with E-state index >= 15 is 0 Å². The monoisotopic (exact) mass is 476 g/mol. The molecule has 32 heavy (non-hydrogen) atoms. The van der Waals surface area contributed by atoms with Crippen LogP contribution in [0.3, 0.4) is 0 Å². The number of amides is 2. The number of carbonyl (C=O) groups excluding carboxylic acids is 2.